The van der Waals surface area contributed by atoms with Crippen molar-refractivity contribution in [2.45, 2.75) is 121 Å². The molecule has 3 fully saturated rings. The largest absolute Gasteiger partial charge is 0.461 e. The minimum Gasteiger partial charge on any atom is -0.461 e. The summed E-state index contributed by atoms with van der Waals surface area (Å²) < 4.78 is 88.0. The number of rotatable bonds is 9. The first-order valence-electron chi connectivity index (χ1n) is 19.0. The lowest BCUT2D eigenvalue weighted by atomic mass is 9.98. The van der Waals surface area contributed by atoms with Gasteiger partial charge in [-0.25, -0.2) is 4.79 Å². The number of esters is 1. The maximum absolute atomic E-state index is 14.3. The molecule has 0 saturated carbocycles. The number of likely N-dealkylation sites (N-methyl/N-ethyl adjacent to an activating group) is 1. The van der Waals surface area contributed by atoms with Crippen molar-refractivity contribution in [2.24, 2.45) is 0 Å². The van der Waals surface area contributed by atoms with E-state index in [1.165, 1.54) is 31.9 Å². The van der Waals surface area contributed by atoms with Crippen LogP contribution in [0.15, 0.2) is 30.4 Å². The van der Waals surface area contributed by atoms with Crippen LogP contribution in [-0.4, -0.2) is 119 Å². The van der Waals surface area contributed by atoms with Gasteiger partial charge in [-0.15, -0.1) is 0 Å². The second kappa shape index (κ2) is 19.1. The average Bonchev–Trinajstić information content (AvgIpc) is 3.86. The molecule has 3 N–H and O–H groups in total. The van der Waals surface area contributed by atoms with Crippen LogP contribution in [0.1, 0.15) is 82.4 Å². The second-order valence-corrected chi connectivity index (χ2v) is 14.6. The maximum atomic E-state index is 14.3. The van der Waals surface area contributed by atoms with E-state index >= 15 is 0 Å². The number of halogens is 6. The van der Waals surface area contributed by atoms with E-state index in [4.69, 9.17) is 4.74 Å². The summed E-state index contributed by atoms with van der Waals surface area (Å²) in [5.41, 5.74) is -3.94. The van der Waals surface area contributed by atoms with E-state index in [0.717, 1.165) is 22.3 Å². The van der Waals surface area contributed by atoms with Gasteiger partial charge in [-0.3, -0.25) is 28.8 Å². The summed E-state index contributed by atoms with van der Waals surface area (Å²) in [6.45, 7) is 3.98. The predicted molar refractivity (Wildman–Crippen MR) is 193 cm³/mol. The van der Waals surface area contributed by atoms with Crippen LogP contribution >= 0.6 is 0 Å². The van der Waals surface area contributed by atoms with Gasteiger partial charge in [0.25, 0.3) is 0 Å². The molecular formula is C38H48F6N6O8. The number of ether oxygens (including phenoxy) is 1. The van der Waals surface area contributed by atoms with Crippen molar-refractivity contribution in [3.63, 3.8) is 0 Å². The monoisotopic (exact) mass is 830 g/mol. The lowest BCUT2D eigenvalue weighted by Crippen LogP contribution is -2.60. The highest BCUT2D eigenvalue weighted by Crippen LogP contribution is 2.36. The zero-order chi connectivity index (χ0) is 43.1. The summed E-state index contributed by atoms with van der Waals surface area (Å²) in [6, 6.07) is -7.44. The third kappa shape index (κ3) is 11.3. The fraction of sp³-hybridized carbons (Fsp3) is 0.605. The Bertz CT molecular complexity index is 1740. The molecule has 6 atom stereocenters. The molecule has 0 bridgehead atoms. The number of alkyl halides is 6. The summed E-state index contributed by atoms with van der Waals surface area (Å²) >= 11 is 0. The van der Waals surface area contributed by atoms with Crippen molar-refractivity contribution < 1.29 is 64.6 Å². The minimum atomic E-state index is -5.21. The standard InChI is InChI=1S/C38H48F6N6O8/c1-5-6-7-8-13-30(51)46-26(18-23-16-24(37(39,40)41)19-25(17-23)38(42,43)44)32(53)47-27-20-58-36(57)29-12-10-15-50(29)33(54)21(2)45-31(52)22(3)48(4)35(56)28-11-9-14-49(28)34(27)55/h8,13,16-17,19,21-22,26-29H,5-7,9-12,14-15,18,20H2,1-4H3,(H,45,52)(H,46,51)(H,47,53)/t21-,22-,26+,27-,28-,29-/m0/s1. The maximum Gasteiger partial charge on any atom is 0.416 e. The molecule has 3 heterocycles. The number of hydrogen-bond donors (Lipinski definition) is 3. The van der Waals surface area contributed by atoms with Gasteiger partial charge in [-0.1, -0.05) is 25.8 Å². The van der Waals surface area contributed by atoms with Crippen molar-refractivity contribution in [1.82, 2.24) is 30.7 Å². The SMILES string of the molecule is CCCCC=CC(=O)N[C@H](Cc1cc(C(F)(F)F)cc(C(F)(F)F)c1)C(=O)N[C@H]1COC(=O)[C@@H]2CCCN2C(=O)[C@H](C)NC(=O)[C@H](C)N(C)C(=O)[C@@H]2CCCN2C1=O. The van der Waals surface area contributed by atoms with Gasteiger partial charge in [0.2, 0.25) is 35.4 Å². The van der Waals surface area contributed by atoms with E-state index in [2.05, 4.69) is 16.0 Å². The number of allylic oxidation sites excluding steroid dienone is 1. The van der Waals surface area contributed by atoms with E-state index < -0.39 is 120 Å². The second-order valence-electron chi connectivity index (χ2n) is 14.6. The highest BCUT2D eigenvalue weighted by Gasteiger charge is 2.44. The number of carbonyl (C=O) groups excluding carboxylic acids is 7. The third-order valence-corrected chi connectivity index (χ3v) is 10.4. The Hall–Kier alpha value is -5.17. The molecule has 4 rings (SSSR count). The lowest BCUT2D eigenvalue weighted by molar-refractivity contribution is -0.158. The molecule has 0 aliphatic carbocycles. The number of cyclic esters (lactones) is 1. The summed E-state index contributed by atoms with van der Waals surface area (Å²) in [5, 5.41) is 7.22. The van der Waals surface area contributed by atoms with Gasteiger partial charge in [-0.05, 0) is 75.8 Å². The minimum absolute atomic E-state index is 0.0148. The first kappa shape index (κ1) is 45.5. The molecule has 0 unspecified atom stereocenters. The Morgan fingerprint density at radius 2 is 1.48 bits per heavy atom. The van der Waals surface area contributed by atoms with Crippen molar-refractivity contribution in [3.8, 4) is 0 Å². The van der Waals surface area contributed by atoms with Crippen LogP contribution in [0.4, 0.5) is 26.3 Å². The van der Waals surface area contributed by atoms with E-state index in [9.17, 15) is 59.9 Å². The van der Waals surface area contributed by atoms with Crippen LogP contribution in [0.3, 0.4) is 0 Å². The van der Waals surface area contributed by atoms with Crippen LogP contribution in [0.2, 0.25) is 0 Å². The lowest BCUT2D eigenvalue weighted by Gasteiger charge is -2.34. The van der Waals surface area contributed by atoms with Gasteiger partial charge >= 0.3 is 18.3 Å². The fourth-order valence-electron chi connectivity index (χ4n) is 7.03. The smallest absolute Gasteiger partial charge is 0.416 e. The van der Waals surface area contributed by atoms with Crippen LogP contribution in [-0.2, 0) is 57.1 Å². The number of fused-ring (bicyclic) bond motifs is 2. The number of carbonyl (C=O) groups is 7. The number of hydrogen-bond acceptors (Lipinski definition) is 8. The van der Waals surface area contributed by atoms with Gasteiger partial charge in [0.1, 0.15) is 42.9 Å². The van der Waals surface area contributed by atoms with Crippen molar-refractivity contribution in [2.75, 3.05) is 26.7 Å². The molecule has 3 saturated heterocycles. The summed E-state index contributed by atoms with van der Waals surface area (Å²) in [6.07, 6.45) is -5.91. The van der Waals surface area contributed by atoms with Gasteiger partial charge in [0.15, 0.2) is 0 Å². The van der Waals surface area contributed by atoms with Gasteiger partial charge < -0.3 is 35.4 Å². The molecule has 0 radical (unpaired) electrons. The third-order valence-electron chi connectivity index (χ3n) is 10.4. The first-order chi connectivity index (χ1) is 27.1. The molecule has 0 aromatic heterocycles. The summed E-state index contributed by atoms with van der Waals surface area (Å²) in [7, 11) is 1.34. The van der Waals surface area contributed by atoms with Crippen LogP contribution < -0.4 is 16.0 Å². The molecule has 0 spiro atoms. The van der Waals surface area contributed by atoms with Crippen LogP contribution in [0.25, 0.3) is 0 Å². The van der Waals surface area contributed by atoms with E-state index in [-0.39, 0.29) is 32.0 Å². The molecule has 1 aromatic carbocycles. The predicted octanol–water partition coefficient (Wildman–Crippen LogP) is 2.87. The molecule has 1 aromatic rings. The van der Waals surface area contributed by atoms with Crippen molar-refractivity contribution >= 4 is 41.4 Å². The molecule has 58 heavy (non-hydrogen) atoms. The van der Waals surface area contributed by atoms with Crippen molar-refractivity contribution in [1.29, 1.82) is 0 Å². The number of nitrogens with zero attached hydrogens (tertiary/aromatic N) is 3. The number of benzene rings is 1. The van der Waals surface area contributed by atoms with E-state index in [0.29, 0.717) is 37.8 Å². The first-order valence-corrected chi connectivity index (χ1v) is 19.0. The molecule has 3 aliphatic rings. The summed E-state index contributed by atoms with van der Waals surface area (Å²) in [5.74, 6) is -6.01. The molecular weight excluding hydrogens is 782 g/mol. The zero-order valence-electron chi connectivity index (χ0n) is 32.5. The number of nitrogens with one attached hydrogen (secondary N) is 3. The Morgan fingerprint density at radius 3 is 2.07 bits per heavy atom. The highest BCUT2D eigenvalue weighted by atomic mass is 19.4. The Labute approximate surface area is 331 Å². The summed E-state index contributed by atoms with van der Waals surface area (Å²) in [4.78, 5) is 98.4. The van der Waals surface area contributed by atoms with Crippen LogP contribution in [0.5, 0.6) is 0 Å². The number of amides is 6. The van der Waals surface area contributed by atoms with E-state index in [1.54, 1.807) is 0 Å². The molecule has 14 nitrogen and oxygen atoms in total. The Kier molecular flexibility index (Phi) is 15.0. The van der Waals surface area contributed by atoms with E-state index in [1.807, 2.05) is 6.92 Å². The normalized spacial score (nSPS) is 24.7. The van der Waals surface area contributed by atoms with Gasteiger partial charge in [0, 0.05) is 26.6 Å². The molecule has 6 amide bonds. The van der Waals surface area contributed by atoms with Crippen LogP contribution in [0, 0.1) is 0 Å². The zero-order valence-corrected chi connectivity index (χ0v) is 32.5. The Balaban J connectivity index is 1.73. The van der Waals surface area contributed by atoms with Crippen molar-refractivity contribution in [3.05, 3.63) is 47.0 Å². The molecule has 3 aliphatic heterocycles. The number of unbranched alkanes of at least 4 members (excludes halogenated alkanes) is 2. The molecule has 320 valence electrons. The quantitative estimate of drug-likeness (QED) is 0.148. The Morgan fingerprint density at radius 1 is 0.897 bits per heavy atom. The molecule has 20 heteroatoms. The van der Waals surface area contributed by atoms with Gasteiger partial charge in [0.05, 0.1) is 11.1 Å². The van der Waals surface area contributed by atoms with Gasteiger partial charge in [-0.2, -0.15) is 26.3 Å². The fourth-order valence-corrected chi connectivity index (χ4v) is 7.03. The highest BCUT2D eigenvalue weighted by molar-refractivity contribution is 5.98. The average molecular weight is 831 g/mol. The topological polar surface area (TPSA) is 175 Å².